The lowest BCUT2D eigenvalue weighted by Gasteiger charge is -2.19. The zero-order valence-corrected chi connectivity index (χ0v) is 11.1. The molecule has 0 atom stereocenters. The Morgan fingerprint density at radius 2 is 1.94 bits per heavy atom. The maximum Gasteiger partial charge on any atom is 0.130 e. The predicted molar refractivity (Wildman–Crippen MR) is 77.1 cm³/mol. The van der Waals surface area contributed by atoms with Crippen LogP contribution in [0.1, 0.15) is 11.1 Å². The fourth-order valence-electron chi connectivity index (χ4n) is 1.94. The van der Waals surface area contributed by atoms with Gasteiger partial charge in [-0.2, -0.15) is 0 Å². The number of aryl methyl sites for hydroxylation is 1. The third-order valence-corrected chi connectivity index (χ3v) is 2.88. The zero-order valence-electron chi connectivity index (χ0n) is 11.1. The number of hydrogen-bond acceptors (Lipinski definition) is 3. The molecule has 2 rings (SSSR count). The van der Waals surface area contributed by atoms with Gasteiger partial charge in [0.15, 0.2) is 0 Å². The lowest BCUT2D eigenvalue weighted by atomic mass is 10.1. The first-order valence-corrected chi connectivity index (χ1v) is 6.10. The summed E-state index contributed by atoms with van der Waals surface area (Å²) in [6, 6.07) is 14.6. The van der Waals surface area contributed by atoms with Crippen LogP contribution in [0.3, 0.4) is 0 Å². The van der Waals surface area contributed by atoms with Gasteiger partial charge in [0.2, 0.25) is 0 Å². The SMILES string of the molecule is CNc1cccc(N(C)Cc2cccc(C)c2)n1. The van der Waals surface area contributed by atoms with E-state index in [0.29, 0.717) is 0 Å². The molecule has 0 radical (unpaired) electrons. The van der Waals surface area contributed by atoms with Crippen LogP contribution in [0, 0.1) is 6.92 Å². The summed E-state index contributed by atoms with van der Waals surface area (Å²) >= 11 is 0. The smallest absolute Gasteiger partial charge is 0.130 e. The highest BCUT2D eigenvalue weighted by Gasteiger charge is 2.04. The van der Waals surface area contributed by atoms with Crippen molar-refractivity contribution in [2.45, 2.75) is 13.5 Å². The van der Waals surface area contributed by atoms with Gasteiger partial charge in [-0.3, -0.25) is 0 Å². The Morgan fingerprint density at radius 3 is 2.67 bits per heavy atom. The second-order valence-corrected chi connectivity index (χ2v) is 4.48. The number of hydrogen-bond donors (Lipinski definition) is 1. The number of benzene rings is 1. The van der Waals surface area contributed by atoms with Crippen LogP contribution >= 0.6 is 0 Å². The van der Waals surface area contributed by atoms with Crippen LogP contribution in [0.15, 0.2) is 42.5 Å². The molecule has 0 bridgehead atoms. The summed E-state index contributed by atoms with van der Waals surface area (Å²) < 4.78 is 0. The molecule has 0 aliphatic rings. The van der Waals surface area contributed by atoms with E-state index < -0.39 is 0 Å². The van der Waals surface area contributed by atoms with Crippen molar-refractivity contribution in [3.05, 3.63) is 53.6 Å². The summed E-state index contributed by atoms with van der Waals surface area (Å²) in [6.45, 7) is 2.98. The quantitative estimate of drug-likeness (QED) is 0.891. The fourth-order valence-corrected chi connectivity index (χ4v) is 1.94. The average Bonchev–Trinajstić information content (AvgIpc) is 2.39. The van der Waals surface area contributed by atoms with Gasteiger partial charge in [-0.15, -0.1) is 0 Å². The molecule has 1 aromatic carbocycles. The number of nitrogens with zero attached hydrogens (tertiary/aromatic N) is 2. The minimum absolute atomic E-state index is 0.863. The minimum atomic E-state index is 0.863. The van der Waals surface area contributed by atoms with Crippen molar-refractivity contribution >= 4 is 11.6 Å². The van der Waals surface area contributed by atoms with E-state index in [0.717, 1.165) is 18.2 Å². The van der Waals surface area contributed by atoms with Crippen LogP contribution in [-0.4, -0.2) is 19.1 Å². The highest BCUT2D eigenvalue weighted by molar-refractivity contribution is 5.46. The maximum atomic E-state index is 4.52. The summed E-state index contributed by atoms with van der Waals surface area (Å²) in [7, 11) is 3.94. The Bertz CT molecular complexity index is 523. The predicted octanol–water partition coefficient (Wildman–Crippen LogP) is 3.07. The fraction of sp³-hybridized carbons (Fsp3) is 0.267. The molecular formula is C15H19N3. The number of nitrogens with one attached hydrogen (secondary N) is 1. The molecule has 0 aliphatic heterocycles. The van der Waals surface area contributed by atoms with Gasteiger partial charge in [0.05, 0.1) is 0 Å². The first kappa shape index (κ1) is 12.4. The van der Waals surface area contributed by atoms with Gasteiger partial charge in [-0.25, -0.2) is 4.98 Å². The van der Waals surface area contributed by atoms with E-state index in [2.05, 4.69) is 53.4 Å². The molecule has 1 N–H and O–H groups in total. The van der Waals surface area contributed by atoms with Crippen molar-refractivity contribution < 1.29 is 0 Å². The lowest BCUT2D eigenvalue weighted by Crippen LogP contribution is -2.18. The van der Waals surface area contributed by atoms with E-state index in [1.165, 1.54) is 11.1 Å². The van der Waals surface area contributed by atoms with Crippen molar-refractivity contribution in [3.8, 4) is 0 Å². The molecule has 0 fully saturated rings. The Morgan fingerprint density at radius 1 is 1.17 bits per heavy atom. The van der Waals surface area contributed by atoms with Crippen molar-refractivity contribution in [2.24, 2.45) is 0 Å². The molecule has 1 aromatic heterocycles. The van der Waals surface area contributed by atoms with Crippen LogP contribution in [0.5, 0.6) is 0 Å². The first-order chi connectivity index (χ1) is 8.69. The zero-order chi connectivity index (χ0) is 13.0. The normalized spacial score (nSPS) is 10.2. The van der Waals surface area contributed by atoms with Crippen LogP contribution in [-0.2, 0) is 6.54 Å². The van der Waals surface area contributed by atoms with Crippen molar-refractivity contribution in [1.82, 2.24) is 4.98 Å². The van der Waals surface area contributed by atoms with E-state index in [-0.39, 0.29) is 0 Å². The Labute approximate surface area is 108 Å². The molecule has 0 saturated heterocycles. The summed E-state index contributed by atoms with van der Waals surface area (Å²) in [5.41, 5.74) is 2.59. The third kappa shape index (κ3) is 3.00. The Kier molecular flexibility index (Phi) is 3.82. The first-order valence-electron chi connectivity index (χ1n) is 6.10. The molecule has 3 nitrogen and oxygen atoms in total. The summed E-state index contributed by atoms with van der Waals surface area (Å²) in [4.78, 5) is 6.67. The summed E-state index contributed by atoms with van der Waals surface area (Å²) in [5.74, 6) is 1.87. The van der Waals surface area contributed by atoms with Gasteiger partial charge >= 0.3 is 0 Å². The number of aromatic nitrogens is 1. The topological polar surface area (TPSA) is 28.2 Å². The molecule has 2 aromatic rings. The largest absolute Gasteiger partial charge is 0.373 e. The molecule has 94 valence electrons. The molecule has 3 heteroatoms. The average molecular weight is 241 g/mol. The molecule has 0 spiro atoms. The van der Waals surface area contributed by atoms with E-state index in [1.807, 2.05) is 25.2 Å². The molecule has 0 aliphatic carbocycles. The van der Waals surface area contributed by atoms with Crippen molar-refractivity contribution in [3.63, 3.8) is 0 Å². The van der Waals surface area contributed by atoms with E-state index in [4.69, 9.17) is 0 Å². The lowest BCUT2D eigenvalue weighted by molar-refractivity contribution is 0.897. The third-order valence-electron chi connectivity index (χ3n) is 2.88. The monoisotopic (exact) mass is 241 g/mol. The van der Waals surface area contributed by atoms with Gasteiger partial charge < -0.3 is 10.2 Å². The molecule has 18 heavy (non-hydrogen) atoms. The van der Waals surface area contributed by atoms with Gasteiger partial charge in [-0.05, 0) is 24.6 Å². The number of anilines is 2. The highest BCUT2D eigenvalue weighted by atomic mass is 15.2. The molecule has 0 amide bonds. The molecular weight excluding hydrogens is 222 g/mol. The van der Waals surface area contributed by atoms with Crippen LogP contribution in [0.2, 0.25) is 0 Å². The van der Waals surface area contributed by atoms with Gasteiger partial charge in [0, 0.05) is 20.6 Å². The van der Waals surface area contributed by atoms with Gasteiger partial charge in [-0.1, -0.05) is 35.9 Å². The second-order valence-electron chi connectivity index (χ2n) is 4.48. The summed E-state index contributed by atoms with van der Waals surface area (Å²) in [5, 5.41) is 3.06. The molecule has 0 unspecified atom stereocenters. The van der Waals surface area contributed by atoms with Crippen molar-refractivity contribution in [2.75, 3.05) is 24.3 Å². The second kappa shape index (κ2) is 5.54. The van der Waals surface area contributed by atoms with Crippen LogP contribution in [0.25, 0.3) is 0 Å². The van der Waals surface area contributed by atoms with Crippen molar-refractivity contribution in [1.29, 1.82) is 0 Å². The van der Waals surface area contributed by atoms with Crippen LogP contribution < -0.4 is 10.2 Å². The Hall–Kier alpha value is -2.03. The summed E-state index contributed by atoms with van der Waals surface area (Å²) in [6.07, 6.45) is 0. The van der Waals surface area contributed by atoms with Crippen LogP contribution in [0.4, 0.5) is 11.6 Å². The minimum Gasteiger partial charge on any atom is -0.373 e. The molecule has 0 saturated carbocycles. The Balaban J connectivity index is 2.13. The highest BCUT2D eigenvalue weighted by Crippen LogP contribution is 2.15. The van der Waals surface area contributed by atoms with E-state index in [1.54, 1.807) is 0 Å². The van der Waals surface area contributed by atoms with E-state index in [9.17, 15) is 0 Å². The maximum absolute atomic E-state index is 4.52. The number of rotatable bonds is 4. The standard InChI is InChI=1S/C15H19N3/c1-12-6-4-7-13(10-12)11-18(3)15-9-5-8-14(16-2)17-15/h4-10H,11H2,1-3H3,(H,16,17). The number of pyridine rings is 1. The van der Waals surface area contributed by atoms with Gasteiger partial charge in [0.25, 0.3) is 0 Å². The van der Waals surface area contributed by atoms with Gasteiger partial charge in [0.1, 0.15) is 11.6 Å². The van der Waals surface area contributed by atoms with E-state index >= 15 is 0 Å². The molecule has 1 heterocycles.